The number of hydrogen-bond donors (Lipinski definition) is 0. The van der Waals surface area contributed by atoms with E-state index in [2.05, 4.69) is 9.97 Å². The Hall–Kier alpha value is -2.75. The Kier molecular flexibility index (Phi) is 5.83. The quantitative estimate of drug-likeness (QED) is 0.493. The van der Waals surface area contributed by atoms with Crippen LogP contribution in [0.25, 0.3) is 11.3 Å². The van der Waals surface area contributed by atoms with Gasteiger partial charge in [-0.25, -0.2) is 22.8 Å². The van der Waals surface area contributed by atoms with Crippen LogP contribution in [0.2, 0.25) is 10.0 Å². The molecule has 32 heavy (non-hydrogen) atoms. The topological polar surface area (TPSA) is 89.5 Å². The van der Waals surface area contributed by atoms with E-state index in [4.69, 9.17) is 27.9 Å². The molecule has 2 aromatic carbocycles. The highest BCUT2D eigenvalue weighted by molar-refractivity contribution is 7.90. The maximum atomic E-state index is 13.2. The van der Waals surface area contributed by atoms with Crippen LogP contribution in [-0.2, 0) is 22.9 Å². The van der Waals surface area contributed by atoms with Crippen LogP contribution in [0.3, 0.4) is 0 Å². The maximum absolute atomic E-state index is 13.2. The number of hydrogen-bond acceptors (Lipinski definition) is 6. The van der Waals surface area contributed by atoms with Gasteiger partial charge in [-0.1, -0.05) is 35.3 Å². The summed E-state index contributed by atoms with van der Waals surface area (Å²) in [6.45, 7) is 0.299. The van der Waals surface area contributed by atoms with Gasteiger partial charge in [0.25, 0.3) is 5.91 Å². The predicted octanol–water partition coefficient (Wildman–Crippen LogP) is 4.16. The minimum Gasteiger partial charge on any atom is -0.495 e. The predicted molar refractivity (Wildman–Crippen MR) is 117 cm³/mol. The minimum absolute atomic E-state index is 0.0254. The van der Waals surface area contributed by atoms with Crippen LogP contribution in [0, 0.1) is 5.82 Å². The molecule has 3 aromatic rings. The Morgan fingerprint density at radius 1 is 1.09 bits per heavy atom. The SMILES string of the molecule is COc1cc(-c2nc(S(C)(=O)=O)nc3c2CN(Cc2ccc(F)cc2)C3=O)c(Cl)cc1Cl. The second kappa shape index (κ2) is 8.31. The molecule has 2 heterocycles. The Balaban J connectivity index is 1.86. The summed E-state index contributed by atoms with van der Waals surface area (Å²) in [7, 11) is -2.40. The smallest absolute Gasteiger partial charge is 0.273 e. The lowest BCUT2D eigenvalue weighted by atomic mass is 10.1. The number of carbonyl (C=O) groups is 1. The largest absolute Gasteiger partial charge is 0.495 e. The minimum atomic E-state index is -3.83. The summed E-state index contributed by atoms with van der Waals surface area (Å²) in [4.78, 5) is 22.8. The van der Waals surface area contributed by atoms with Crippen molar-refractivity contribution in [2.24, 2.45) is 0 Å². The van der Waals surface area contributed by atoms with Crippen molar-refractivity contribution in [1.82, 2.24) is 14.9 Å². The molecule has 1 aliphatic rings. The number of amides is 1. The first-order chi connectivity index (χ1) is 15.1. The van der Waals surface area contributed by atoms with Gasteiger partial charge in [-0.2, -0.15) is 0 Å². The molecule has 0 saturated carbocycles. The Bertz CT molecular complexity index is 1350. The third-order valence-electron chi connectivity index (χ3n) is 4.94. The summed E-state index contributed by atoms with van der Waals surface area (Å²) in [6.07, 6.45) is 0.957. The monoisotopic (exact) mass is 495 g/mol. The lowest BCUT2D eigenvalue weighted by Crippen LogP contribution is -2.23. The van der Waals surface area contributed by atoms with E-state index in [-0.39, 0.29) is 40.3 Å². The van der Waals surface area contributed by atoms with E-state index in [9.17, 15) is 17.6 Å². The van der Waals surface area contributed by atoms with Crippen LogP contribution in [-0.4, -0.2) is 42.6 Å². The number of halogens is 3. The normalized spacial score (nSPS) is 13.4. The second-order valence-corrected chi connectivity index (χ2v) is 9.93. The van der Waals surface area contributed by atoms with E-state index >= 15 is 0 Å². The summed E-state index contributed by atoms with van der Waals surface area (Å²) in [5, 5.41) is -0.0156. The summed E-state index contributed by atoms with van der Waals surface area (Å²) < 4.78 is 42.9. The number of sulfone groups is 1. The molecule has 1 amide bonds. The highest BCUT2D eigenvalue weighted by Gasteiger charge is 2.35. The van der Waals surface area contributed by atoms with Crippen molar-refractivity contribution in [3.63, 3.8) is 0 Å². The van der Waals surface area contributed by atoms with Crippen molar-refractivity contribution in [3.05, 3.63) is 69.1 Å². The molecule has 166 valence electrons. The van der Waals surface area contributed by atoms with Gasteiger partial charge < -0.3 is 9.64 Å². The van der Waals surface area contributed by atoms with Crippen LogP contribution in [0.1, 0.15) is 21.6 Å². The molecule has 0 spiro atoms. The zero-order valence-electron chi connectivity index (χ0n) is 16.9. The fourth-order valence-corrected chi connectivity index (χ4v) is 4.46. The van der Waals surface area contributed by atoms with Gasteiger partial charge in [0.1, 0.15) is 17.3 Å². The summed E-state index contributed by atoms with van der Waals surface area (Å²) >= 11 is 12.5. The van der Waals surface area contributed by atoms with Gasteiger partial charge in [-0.3, -0.25) is 4.79 Å². The van der Waals surface area contributed by atoms with E-state index in [0.29, 0.717) is 22.4 Å². The lowest BCUT2D eigenvalue weighted by molar-refractivity contribution is 0.0762. The molecule has 4 rings (SSSR count). The third-order valence-corrected chi connectivity index (χ3v) is 6.39. The number of ether oxygens (including phenoxy) is 1. The highest BCUT2D eigenvalue weighted by atomic mass is 35.5. The van der Waals surface area contributed by atoms with Gasteiger partial charge in [-0.15, -0.1) is 0 Å². The summed E-state index contributed by atoms with van der Waals surface area (Å²) in [6, 6.07) is 8.74. The third kappa shape index (κ3) is 4.15. The van der Waals surface area contributed by atoms with E-state index in [1.807, 2.05) is 0 Å². The van der Waals surface area contributed by atoms with Crippen LogP contribution in [0.4, 0.5) is 4.39 Å². The number of benzene rings is 2. The molecule has 7 nitrogen and oxygen atoms in total. The van der Waals surface area contributed by atoms with Crippen LogP contribution in [0.15, 0.2) is 41.6 Å². The van der Waals surface area contributed by atoms with Crippen LogP contribution >= 0.6 is 23.2 Å². The molecule has 0 N–H and O–H groups in total. The first kappa shape index (κ1) is 22.4. The van der Waals surface area contributed by atoms with Crippen LogP contribution in [0.5, 0.6) is 5.75 Å². The number of nitrogens with zero attached hydrogens (tertiary/aromatic N) is 3. The molecular weight excluding hydrogens is 480 g/mol. The molecule has 0 radical (unpaired) electrons. The molecule has 0 aliphatic carbocycles. The van der Waals surface area contributed by atoms with Gasteiger partial charge in [0.2, 0.25) is 15.0 Å². The number of fused-ring (bicyclic) bond motifs is 1. The molecular formula is C21H16Cl2FN3O4S. The molecule has 11 heteroatoms. The molecule has 0 atom stereocenters. The highest BCUT2D eigenvalue weighted by Crippen LogP contribution is 2.40. The van der Waals surface area contributed by atoms with Crippen molar-refractivity contribution < 1.29 is 22.3 Å². The molecule has 0 fully saturated rings. The van der Waals surface area contributed by atoms with Crippen molar-refractivity contribution in [2.45, 2.75) is 18.2 Å². The standard InChI is InChI=1S/C21H16Cl2FN3O4S/c1-31-17-7-13(15(22)8-16(17)23)18-14-10-27(9-11-3-5-12(24)6-4-11)20(28)19(14)26-21(25-18)32(2,29)30/h3-8H,9-10H2,1-2H3. The summed E-state index contributed by atoms with van der Waals surface area (Å²) in [5.41, 5.74) is 1.66. The van der Waals surface area contributed by atoms with Gasteiger partial charge >= 0.3 is 0 Å². The maximum Gasteiger partial charge on any atom is 0.273 e. The van der Waals surface area contributed by atoms with Crippen molar-refractivity contribution in [2.75, 3.05) is 13.4 Å². The molecule has 0 saturated heterocycles. The van der Waals surface area contributed by atoms with Gasteiger partial charge in [0, 0.05) is 23.9 Å². The van der Waals surface area contributed by atoms with E-state index in [1.54, 1.807) is 12.1 Å². The van der Waals surface area contributed by atoms with Gasteiger partial charge in [0.05, 0.1) is 29.4 Å². The Morgan fingerprint density at radius 2 is 1.75 bits per heavy atom. The Labute approximate surface area is 193 Å². The lowest BCUT2D eigenvalue weighted by Gasteiger charge is -2.15. The first-order valence-electron chi connectivity index (χ1n) is 9.26. The average Bonchev–Trinajstić information content (AvgIpc) is 3.04. The van der Waals surface area contributed by atoms with Gasteiger partial charge in [0.15, 0.2) is 0 Å². The fraction of sp³-hybridized carbons (Fsp3) is 0.190. The number of aromatic nitrogens is 2. The van der Waals surface area contributed by atoms with E-state index < -0.39 is 20.9 Å². The zero-order valence-corrected chi connectivity index (χ0v) is 19.2. The van der Waals surface area contributed by atoms with E-state index in [1.165, 1.54) is 36.3 Å². The summed E-state index contributed by atoms with van der Waals surface area (Å²) in [5.74, 6) is -0.538. The van der Waals surface area contributed by atoms with E-state index in [0.717, 1.165) is 6.26 Å². The van der Waals surface area contributed by atoms with Crippen molar-refractivity contribution in [1.29, 1.82) is 0 Å². The first-order valence-corrected chi connectivity index (χ1v) is 11.9. The molecule has 0 unspecified atom stereocenters. The number of methoxy groups -OCH3 is 1. The Morgan fingerprint density at radius 3 is 2.38 bits per heavy atom. The second-order valence-electron chi connectivity index (χ2n) is 7.21. The van der Waals surface area contributed by atoms with Crippen LogP contribution < -0.4 is 4.74 Å². The number of carbonyl (C=O) groups excluding carboxylic acids is 1. The molecule has 0 bridgehead atoms. The van der Waals surface area contributed by atoms with Crippen molar-refractivity contribution in [3.8, 4) is 17.0 Å². The van der Waals surface area contributed by atoms with Crippen molar-refractivity contribution >= 4 is 38.9 Å². The zero-order chi connectivity index (χ0) is 23.2. The average molecular weight is 496 g/mol. The fourth-order valence-electron chi connectivity index (χ4n) is 3.40. The molecule has 1 aromatic heterocycles. The van der Waals surface area contributed by atoms with Gasteiger partial charge in [-0.05, 0) is 29.8 Å². The molecule has 1 aliphatic heterocycles. The number of rotatable bonds is 5.